The van der Waals surface area contributed by atoms with Gasteiger partial charge in [0.05, 0.1) is 10.6 Å². The molecule has 0 atom stereocenters. The van der Waals surface area contributed by atoms with E-state index in [4.69, 9.17) is 0 Å². The van der Waals surface area contributed by atoms with Crippen LogP contribution >= 0.6 is 11.8 Å². The number of allylic oxidation sites excluding steroid dienone is 1. The summed E-state index contributed by atoms with van der Waals surface area (Å²) in [5.41, 5.74) is 2.82. The minimum absolute atomic E-state index is 0.123. The standard InChI is InChI=1S/C18H17NOS/c1-2-12-19-16(13-8-4-3-5-9-13)18-17(20)14-10-6-7-11-15(14)21-18/h3-11,19H,2,12H2,1H3/b18-16+. The molecule has 0 spiro atoms. The molecule has 2 aromatic rings. The molecule has 0 unspecified atom stereocenters. The summed E-state index contributed by atoms with van der Waals surface area (Å²) in [5.74, 6) is 0.123. The predicted octanol–water partition coefficient (Wildman–Crippen LogP) is 4.34. The van der Waals surface area contributed by atoms with E-state index in [-0.39, 0.29) is 5.78 Å². The van der Waals surface area contributed by atoms with Crippen molar-refractivity contribution in [3.05, 3.63) is 70.6 Å². The van der Waals surface area contributed by atoms with Crippen molar-refractivity contribution in [3.8, 4) is 0 Å². The van der Waals surface area contributed by atoms with Crippen LogP contribution in [0.25, 0.3) is 5.70 Å². The summed E-state index contributed by atoms with van der Waals surface area (Å²) < 4.78 is 0. The van der Waals surface area contributed by atoms with E-state index in [1.165, 1.54) is 0 Å². The van der Waals surface area contributed by atoms with Gasteiger partial charge in [0.25, 0.3) is 0 Å². The lowest BCUT2D eigenvalue weighted by atomic mass is 10.1. The summed E-state index contributed by atoms with van der Waals surface area (Å²) in [6.07, 6.45) is 1.02. The van der Waals surface area contributed by atoms with E-state index in [1.807, 2.05) is 54.6 Å². The lowest BCUT2D eigenvalue weighted by Gasteiger charge is -2.13. The number of benzene rings is 2. The summed E-state index contributed by atoms with van der Waals surface area (Å²) in [7, 11) is 0. The van der Waals surface area contributed by atoms with Crippen molar-refractivity contribution >= 4 is 23.2 Å². The minimum atomic E-state index is 0.123. The van der Waals surface area contributed by atoms with Gasteiger partial charge in [0, 0.05) is 17.0 Å². The van der Waals surface area contributed by atoms with Gasteiger partial charge < -0.3 is 5.32 Å². The SMILES string of the molecule is CCCN/C(=C1/Sc2ccccc2C1=O)c1ccccc1. The fourth-order valence-electron chi connectivity index (χ4n) is 2.35. The maximum atomic E-state index is 12.7. The fourth-order valence-corrected chi connectivity index (χ4v) is 3.49. The highest BCUT2D eigenvalue weighted by Gasteiger charge is 2.28. The molecule has 0 bridgehead atoms. The first kappa shape index (κ1) is 14.0. The molecule has 1 aliphatic heterocycles. The van der Waals surface area contributed by atoms with Gasteiger partial charge in [-0.1, -0.05) is 61.2 Å². The number of hydrogen-bond donors (Lipinski definition) is 1. The van der Waals surface area contributed by atoms with Crippen LogP contribution in [-0.2, 0) is 0 Å². The summed E-state index contributed by atoms with van der Waals surface area (Å²) in [4.78, 5) is 14.5. The Morgan fingerprint density at radius 1 is 1.05 bits per heavy atom. The third-order valence-corrected chi connectivity index (χ3v) is 4.56. The van der Waals surface area contributed by atoms with Gasteiger partial charge in [0.15, 0.2) is 0 Å². The van der Waals surface area contributed by atoms with Crippen LogP contribution < -0.4 is 5.32 Å². The van der Waals surface area contributed by atoms with E-state index in [2.05, 4.69) is 12.2 Å². The van der Waals surface area contributed by atoms with Crippen LogP contribution in [0.2, 0.25) is 0 Å². The molecule has 2 nitrogen and oxygen atoms in total. The van der Waals surface area contributed by atoms with Crippen molar-refractivity contribution in [2.45, 2.75) is 18.2 Å². The lowest BCUT2D eigenvalue weighted by Crippen LogP contribution is -2.16. The fraction of sp³-hybridized carbons (Fsp3) is 0.167. The third kappa shape index (κ3) is 2.74. The molecular weight excluding hydrogens is 278 g/mol. The Balaban J connectivity index is 2.06. The molecule has 3 heteroatoms. The molecule has 0 saturated carbocycles. The molecule has 2 aromatic carbocycles. The molecule has 106 valence electrons. The van der Waals surface area contributed by atoms with Gasteiger partial charge in [-0.2, -0.15) is 0 Å². The number of fused-ring (bicyclic) bond motifs is 1. The number of hydrogen-bond acceptors (Lipinski definition) is 3. The molecular formula is C18H17NOS. The van der Waals surface area contributed by atoms with E-state index in [0.29, 0.717) is 0 Å². The number of carbonyl (C=O) groups excluding carboxylic acids is 1. The maximum absolute atomic E-state index is 12.7. The Morgan fingerprint density at radius 2 is 1.76 bits per heavy atom. The molecule has 1 N–H and O–H groups in total. The predicted molar refractivity (Wildman–Crippen MR) is 88.3 cm³/mol. The zero-order valence-corrected chi connectivity index (χ0v) is 12.7. The van der Waals surface area contributed by atoms with E-state index < -0.39 is 0 Å². The van der Waals surface area contributed by atoms with Gasteiger partial charge in [-0.3, -0.25) is 4.79 Å². The lowest BCUT2D eigenvalue weighted by molar-refractivity contribution is 0.104. The first-order valence-corrected chi connectivity index (χ1v) is 7.98. The van der Waals surface area contributed by atoms with Crippen molar-refractivity contribution in [1.82, 2.24) is 5.32 Å². The van der Waals surface area contributed by atoms with Crippen LogP contribution in [0.1, 0.15) is 29.3 Å². The van der Waals surface area contributed by atoms with E-state index >= 15 is 0 Å². The second-order valence-corrected chi connectivity index (χ2v) is 5.98. The van der Waals surface area contributed by atoms with Gasteiger partial charge in [-0.05, 0) is 24.1 Å². The van der Waals surface area contributed by atoms with Gasteiger partial charge in [-0.25, -0.2) is 0 Å². The summed E-state index contributed by atoms with van der Waals surface area (Å²) in [5, 5.41) is 3.43. The smallest absolute Gasteiger partial charge is 0.202 e. The topological polar surface area (TPSA) is 29.1 Å². The van der Waals surface area contributed by atoms with Crippen LogP contribution in [0.15, 0.2) is 64.4 Å². The van der Waals surface area contributed by atoms with Gasteiger partial charge in [0.1, 0.15) is 0 Å². The van der Waals surface area contributed by atoms with Gasteiger partial charge >= 0.3 is 0 Å². The molecule has 0 saturated heterocycles. The summed E-state index contributed by atoms with van der Waals surface area (Å²) in [6.45, 7) is 2.98. The number of carbonyl (C=O) groups is 1. The molecule has 0 radical (unpaired) electrons. The number of thioether (sulfide) groups is 1. The number of rotatable bonds is 4. The third-order valence-electron chi connectivity index (χ3n) is 3.39. The van der Waals surface area contributed by atoms with Crippen LogP contribution in [0.5, 0.6) is 0 Å². The van der Waals surface area contributed by atoms with Gasteiger partial charge in [0.2, 0.25) is 5.78 Å². The van der Waals surface area contributed by atoms with Crippen molar-refractivity contribution in [3.63, 3.8) is 0 Å². The minimum Gasteiger partial charge on any atom is -0.384 e. The summed E-state index contributed by atoms with van der Waals surface area (Å²) in [6, 6.07) is 17.9. The molecule has 0 amide bonds. The highest BCUT2D eigenvalue weighted by Crippen LogP contribution is 2.42. The maximum Gasteiger partial charge on any atom is 0.202 e. The Hall–Kier alpha value is -2.00. The Kier molecular flexibility index (Phi) is 4.11. The zero-order valence-electron chi connectivity index (χ0n) is 11.9. The zero-order chi connectivity index (χ0) is 14.7. The molecule has 3 rings (SSSR count). The van der Waals surface area contributed by atoms with E-state index in [1.54, 1.807) is 11.8 Å². The first-order chi connectivity index (χ1) is 10.3. The number of ketones is 1. The number of Topliss-reactive ketones (excluding diaryl/α,β-unsaturated/α-hetero) is 1. The van der Waals surface area contributed by atoms with Crippen LogP contribution in [-0.4, -0.2) is 12.3 Å². The second kappa shape index (κ2) is 6.19. The Morgan fingerprint density at radius 3 is 2.48 bits per heavy atom. The van der Waals surface area contributed by atoms with Crippen LogP contribution in [0.4, 0.5) is 0 Å². The van der Waals surface area contributed by atoms with Crippen LogP contribution in [0.3, 0.4) is 0 Å². The monoisotopic (exact) mass is 295 g/mol. The molecule has 0 aromatic heterocycles. The normalized spacial score (nSPS) is 15.8. The molecule has 1 heterocycles. The average molecular weight is 295 g/mol. The quantitative estimate of drug-likeness (QED) is 0.851. The molecule has 0 aliphatic carbocycles. The first-order valence-electron chi connectivity index (χ1n) is 7.16. The molecule has 0 fully saturated rings. The van der Waals surface area contributed by atoms with Crippen molar-refractivity contribution in [2.75, 3.05) is 6.54 Å². The number of nitrogens with one attached hydrogen (secondary N) is 1. The van der Waals surface area contributed by atoms with E-state index in [9.17, 15) is 4.79 Å². The highest BCUT2D eigenvalue weighted by molar-refractivity contribution is 8.05. The van der Waals surface area contributed by atoms with Crippen molar-refractivity contribution < 1.29 is 4.79 Å². The average Bonchev–Trinajstić information content (AvgIpc) is 2.86. The largest absolute Gasteiger partial charge is 0.384 e. The van der Waals surface area contributed by atoms with Crippen molar-refractivity contribution in [1.29, 1.82) is 0 Å². The highest BCUT2D eigenvalue weighted by atomic mass is 32.2. The van der Waals surface area contributed by atoms with Gasteiger partial charge in [-0.15, -0.1) is 0 Å². The Labute approximate surface area is 129 Å². The van der Waals surface area contributed by atoms with Crippen molar-refractivity contribution in [2.24, 2.45) is 0 Å². The Bertz CT molecular complexity index is 691. The van der Waals surface area contributed by atoms with E-state index in [0.717, 1.165) is 39.6 Å². The molecule has 1 aliphatic rings. The second-order valence-electron chi connectivity index (χ2n) is 4.92. The summed E-state index contributed by atoms with van der Waals surface area (Å²) >= 11 is 1.57. The van der Waals surface area contributed by atoms with Crippen LogP contribution in [0, 0.1) is 0 Å². The molecule has 21 heavy (non-hydrogen) atoms.